The molecule has 0 spiro atoms. The third-order valence-electron chi connectivity index (χ3n) is 2.30. The molecule has 0 bridgehead atoms. The first-order valence-electron chi connectivity index (χ1n) is 4.56. The Kier molecular flexibility index (Phi) is 2.55. The van der Waals surface area contributed by atoms with Gasteiger partial charge in [-0.25, -0.2) is 0 Å². The Morgan fingerprint density at radius 1 is 1.07 bits per heavy atom. The molecule has 0 radical (unpaired) electrons. The average Bonchev–Trinajstić information content (AvgIpc) is 2.27. The van der Waals surface area contributed by atoms with Gasteiger partial charge in [0.25, 0.3) is 0 Å². The van der Waals surface area contributed by atoms with E-state index in [1.54, 1.807) is 6.08 Å². The van der Waals surface area contributed by atoms with E-state index in [9.17, 15) is 0 Å². The highest BCUT2D eigenvalue weighted by Gasteiger charge is 2.02. The number of halogens is 1. The highest BCUT2D eigenvalue weighted by atomic mass is 35.5. The molecule has 2 aromatic carbocycles. The molecular weight excluding hydrogens is 192 g/mol. The molecule has 0 saturated heterocycles. The topological polar surface area (TPSA) is 0 Å². The maximum atomic E-state index is 6.07. The van der Waals surface area contributed by atoms with E-state index in [-0.39, 0.29) is 5.38 Å². The van der Waals surface area contributed by atoms with Crippen molar-refractivity contribution in [3.05, 3.63) is 60.7 Å². The maximum absolute atomic E-state index is 6.07. The molecular formula is C13H11Cl. The minimum atomic E-state index is -0.0976. The molecule has 0 fully saturated rings. The molecule has 0 aliphatic heterocycles. The van der Waals surface area contributed by atoms with E-state index in [2.05, 4.69) is 30.8 Å². The predicted octanol–water partition coefficient (Wildman–Crippen LogP) is 4.31. The molecule has 0 nitrogen and oxygen atoms in total. The zero-order valence-electron chi connectivity index (χ0n) is 7.78. The van der Waals surface area contributed by atoms with Crippen LogP contribution < -0.4 is 0 Å². The van der Waals surface area contributed by atoms with Gasteiger partial charge in [0.1, 0.15) is 0 Å². The minimum Gasteiger partial charge on any atom is -0.113 e. The van der Waals surface area contributed by atoms with Gasteiger partial charge in [0.2, 0.25) is 0 Å². The van der Waals surface area contributed by atoms with Crippen molar-refractivity contribution in [3.8, 4) is 0 Å². The number of benzene rings is 2. The van der Waals surface area contributed by atoms with E-state index in [0.29, 0.717) is 0 Å². The van der Waals surface area contributed by atoms with Crippen LogP contribution in [0, 0.1) is 0 Å². The molecule has 0 saturated carbocycles. The third kappa shape index (κ3) is 1.66. The quantitative estimate of drug-likeness (QED) is 0.503. The lowest BCUT2D eigenvalue weighted by Crippen LogP contribution is -1.84. The second-order valence-electron chi connectivity index (χ2n) is 3.24. The maximum Gasteiger partial charge on any atom is 0.0763 e. The molecule has 0 aliphatic rings. The summed E-state index contributed by atoms with van der Waals surface area (Å²) in [7, 11) is 0. The van der Waals surface area contributed by atoms with Crippen molar-refractivity contribution in [1.29, 1.82) is 0 Å². The molecule has 14 heavy (non-hydrogen) atoms. The van der Waals surface area contributed by atoms with Crippen LogP contribution in [0.3, 0.4) is 0 Å². The van der Waals surface area contributed by atoms with Gasteiger partial charge in [0.05, 0.1) is 5.38 Å². The van der Waals surface area contributed by atoms with Crippen LogP contribution >= 0.6 is 11.6 Å². The summed E-state index contributed by atoms with van der Waals surface area (Å²) in [6, 6.07) is 14.5. The molecule has 1 heteroatoms. The van der Waals surface area contributed by atoms with E-state index < -0.39 is 0 Å². The number of hydrogen-bond acceptors (Lipinski definition) is 0. The lowest BCUT2D eigenvalue weighted by molar-refractivity contribution is 1.23. The first kappa shape index (κ1) is 9.29. The summed E-state index contributed by atoms with van der Waals surface area (Å²) >= 11 is 6.07. The Morgan fingerprint density at radius 3 is 2.50 bits per heavy atom. The molecule has 1 atom stereocenters. The number of rotatable bonds is 2. The van der Waals surface area contributed by atoms with Gasteiger partial charge in [0.15, 0.2) is 0 Å². The standard InChI is InChI=1S/C13H11Cl/c1-2-13(14)12-8-7-10-5-3-4-6-11(10)9-12/h2-9,13H,1H2. The van der Waals surface area contributed by atoms with Crippen molar-refractivity contribution in [1.82, 2.24) is 0 Å². The molecule has 2 rings (SSSR count). The summed E-state index contributed by atoms with van der Waals surface area (Å²) in [6.07, 6.45) is 1.74. The fourth-order valence-corrected chi connectivity index (χ4v) is 1.65. The van der Waals surface area contributed by atoms with Crippen molar-refractivity contribution >= 4 is 22.4 Å². The average molecular weight is 203 g/mol. The summed E-state index contributed by atoms with van der Waals surface area (Å²) < 4.78 is 0. The molecule has 2 aromatic rings. The summed E-state index contributed by atoms with van der Waals surface area (Å²) in [4.78, 5) is 0. The summed E-state index contributed by atoms with van der Waals surface area (Å²) in [5.74, 6) is 0. The first-order chi connectivity index (χ1) is 6.81. The first-order valence-corrected chi connectivity index (χ1v) is 5.00. The van der Waals surface area contributed by atoms with Gasteiger partial charge in [-0.15, -0.1) is 18.2 Å². The van der Waals surface area contributed by atoms with E-state index in [1.165, 1.54) is 10.8 Å². The van der Waals surface area contributed by atoms with Crippen LogP contribution in [-0.2, 0) is 0 Å². The fourth-order valence-electron chi connectivity index (χ4n) is 1.52. The van der Waals surface area contributed by atoms with Crippen LogP contribution in [0.4, 0.5) is 0 Å². The number of alkyl halides is 1. The number of hydrogen-bond donors (Lipinski definition) is 0. The van der Waals surface area contributed by atoms with Gasteiger partial charge in [-0.1, -0.05) is 42.5 Å². The van der Waals surface area contributed by atoms with Gasteiger partial charge in [0, 0.05) is 0 Å². The van der Waals surface area contributed by atoms with Crippen molar-refractivity contribution in [2.24, 2.45) is 0 Å². The van der Waals surface area contributed by atoms with Gasteiger partial charge in [-0.3, -0.25) is 0 Å². The van der Waals surface area contributed by atoms with Crippen LogP contribution in [0.1, 0.15) is 10.9 Å². The Labute approximate surface area is 88.8 Å². The molecule has 0 N–H and O–H groups in total. The SMILES string of the molecule is C=CC(Cl)c1ccc2ccccc2c1. The Balaban J connectivity index is 2.56. The van der Waals surface area contributed by atoms with Crippen LogP contribution in [0.5, 0.6) is 0 Å². The monoisotopic (exact) mass is 202 g/mol. The lowest BCUT2D eigenvalue weighted by Gasteiger charge is -2.05. The van der Waals surface area contributed by atoms with Crippen LogP contribution in [0.2, 0.25) is 0 Å². The van der Waals surface area contributed by atoms with Crippen molar-refractivity contribution in [2.75, 3.05) is 0 Å². The predicted molar refractivity (Wildman–Crippen MR) is 62.7 cm³/mol. The Bertz CT molecular complexity index is 459. The summed E-state index contributed by atoms with van der Waals surface area (Å²) in [5, 5.41) is 2.36. The van der Waals surface area contributed by atoms with E-state index in [0.717, 1.165) is 5.56 Å². The van der Waals surface area contributed by atoms with Gasteiger partial charge < -0.3 is 0 Å². The lowest BCUT2D eigenvalue weighted by atomic mass is 10.1. The molecule has 0 heterocycles. The van der Waals surface area contributed by atoms with E-state index >= 15 is 0 Å². The highest BCUT2D eigenvalue weighted by molar-refractivity contribution is 6.22. The molecule has 0 aliphatic carbocycles. The number of allylic oxidation sites excluding steroid dienone is 1. The van der Waals surface area contributed by atoms with Crippen LogP contribution in [-0.4, -0.2) is 0 Å². The minimum absolute atomic E-state index is 0.0976. The summed E-state index contributed by atoms with van der Waals surface area (Å²) in [5.41, 5.74) is 1.10. The molecule has 0 amide bonds. The largest absolute Gasteiger partial charge is 0.113 e. The molecule has 70 valence electrons. The van der Waals surface area contributed by atoms with Gasteiger partial charge >= 0.3 is 0 Å². The Morgan fingerprint density at radius 2 is 1.79 bits per heavy atom. The molecule has 0 aromatic heterocycles. The zero-order chi connectivity index (χ0) is 9.97. The summed E-state index contributed by atoms with van der Waals surface area (Å²) in [6.45, 7) is 3.69. The zero-order valence-corrected chi connectivity index (χ0v) is 8.54. The fraction of sp³-hybridized carbons (Fsp3) is 0.0769. The highest BCUT2D eigenvalue weighted by Crippen LogP contribution is 2.25. The smallest absolute Gasteiger partial charge is 0.0763 e. The van der Waals surface area contributed by atoms with Crippen molar-refractivity contribution in [2.45, 2.75) is 5.38 Å². The van der Waals surface area contributed by atoms with Gasteiger partial charge in [-0.2, -0.15) is 0 Å². The third-order valence-corrected chi connectivity index (χ3v) is 2.73. The van der Waals surface area contributed by atoms with E-state index in [4.69, 9.17) is 11.6 Å². The van der Waals surface area contributed by atoms with Crippen LogP contribution in [0.25, 0.3) is 10.8 Å². The van der Waals surface area contributed by atoms with Crippen molar-refractivity contribution < 1.29 is 0 Å². The van der Waals surface area contributed by atoms with Crippen LogP contribution in [0.15, 0.2) is 55.1 Å². The van der Waals surface area contributed by atoms with E-state index in [1.807, 2.05) is 18.2 Å². The Hall–Kier alpha value is -1.27. The molecule has 1 unspecified atom stereocenters. The second kappa shape index (κ2) is 3.85. The van der Waals surface area contributed by atoms with Gasteiger partial charge in [-0.05, 0) is 22.4 Å². The normalized spacial score (nSPS) is 12.6. The number of fused-ring (bicyclic) bond motifs is 1. The van der Waals surface area contributed by atoms with Crippen molar-refractivity contribution in [3.63, 3.8) is 0 Å². The second-order valence-corrected chi connectivity index (χ2v) is 3.71.